The molecule has 5 heteroatoms. The molecule has 1 fully saturated rings. The van der Waals surface area contributed by atoms with E-state index in [0.717, 1.165) is 58.3 Å². The number of carbonyl (C=O) groups is 1. The summed E-state index contributed by atoms with van der Waals surface area (Å²) in [5.41, 5.74) is 0.0417. The van der Waals surface area contributed by atoms with Gasteiger partial charge in [-0.1, -0.05) is 39.8 Å². The molecule has 1 aromatic rings. The molecule has 0 spiro atoms. The zero-order valence-corrected chi connectivity index (χ0v) is 20.8. The SMILES string of the molecule is CC.CC/C=c1/ccn(CCN2CCC(NC=O)CC2)/c1=C/CC.COC(C)(C)C. The van der Waals surface area contributed by atoms with Crippen LogP contribution in [0.15, 0.2) is 12.3 Å². The fraction of sp³-hybridized carbons (Fsp3) is 0.720. The van der Waals surface area contributed by atoms with Crippen molar-refractivity contribution in [3.8, 4) is 0 Å². The van der Waals surface area contributed by atoms with Crippen molar-refractivity contribution in [2.24, 2.45) is 0 Å². The number of ether oxygens (including phenoxy) is 1. The molecule has 174 valence electrons. The minimum Gasteiger partial charge on any atom is -0.379 e. The molecule has 0 bridgehead atoms. The van der Waals surface area contributed by atoms with E-state index >= 15 is 0 Å². The van der Waals surface area contributed by atoms with Gasteiger partial charge < -0.3 is 19.5 Å². The van der Waals surface area contributed by atoms with E-state index in [1.165, 1.54) is 10.6 Å². The Morgan fingerprint density at radius 2 is 1.67 bits per heavy atom. The topological polar surface area (TPSA) is 46.5 Å². The highest BCUT2D eigenvalue weighted by Gasteiger charge is 2.18. The number of rotatable bonds is 7. The van der Waals surface area contributed by atoms with Gasteiger partial charge in [0.1, 0.15) is 0 Å². The molecule has 5 nitrogen and oxygen atoms in total. The third-order valence-electron chi connectivity index (χ3n) is 5.02. The molecule has 0 unspecified atom stereocenters. The molecule has 0 saturated carbocycles. The van der Waals surface area contributed by atoms with E-state index < -0.39 is 0 Å². The number of methoxy groups -OCH3 is 1. The van der Waals surface area contributed by atoms with Crippen molar-refractivity contribution >= 4 is 18.6 Å². The molecule has 1 aliphatic rings. The third-order valence-corrected chi connectivity index (χ3v) is 5.02. The Bertz CT molecular complexity index is 666. The molecule has 0 atom stereocenters. The molecule has 0 aromatic carbocycles. The molecule has 1 aliphatic heterocycles. The van der Waals surface area contributed by atoms with Crippen molar-refractivity contribution in [2.45, 2.75) is 92.3 Å². The number of nitrogens with one attached hydrogen (secondary N) is 1. The van der Waals surface area contributed by atoms with Crippen LogP contribution in [0.25, 0.3) is 12.2 Å². The molecular weight excluding hydrogens is 374 g/mol. The first kappa shape index (κ1) is 28.4. The van der Waals surface area contributed by atoms with Crippen molar-refractivity contribution in [3.05, 3.63) is 22.8 Å². The van der Waals surface area contributed by atoms with Gasteiger partial charge in [-0.3, -0.25) is 4.79 Å². The van der Waals surface area contributed by atoms with E-state index in [9.17, 15) is 4.79 Å². The predicted octanol–water partition coefficient (Wildman–Crippen LogP) is 3.54. The molecule has 1 N–H and O–H groups in total. The first-order chi connectivity index (χ1) is 14.3. The van der Waals surface area contributed by atoms with Crippen molar-refractivity contribution in [3.63, 3.8) is 0 Å². The highest BCUT2D eigenvalue weighted by molar-refractivity contribution is 5.46. The van der Waals surface area contributed by atoms with Crippen molar-refractivity contribution in [2.75, 3.05) is 26.7 Å². The molecule has 30 heavy (non-hydrogen) atoms. The number of likely N-dealkylation sites (tertiary alicyclic amines) is 1. The highest BCUT2D eigenvalue weighted by Crippen LogP contribution is 2.09. The Morgan fingerprint density at radius 3 is 2.13 bits per heavy atom. The average molecular weight is 422 g/mol. The number of nitrogens with zero attached hydrogens (tertiary/aromatic N) is 2. The van der Waals surface area contributed by atoms with Gasteiger partial charge >= 0.3 is 0 Å². The molecule has 0 aliphatic carbocycles. The predicted molar refractivity (Wildman–Crippen MR) is 130 cm³/mol. The van der Waals surface area contributed by atoms with Crippen LogP contribution in [0.1, 0.15) is 74.1 Å². The Morgan fingerprint density at radius 1 is 1.10 bits per heavy atom. The molecule has 2 rings (SSSR count). The number of carbonyl (C=O) groups excluding carboxylic acids is 1. The van der Waals surface area contributed by atoms with Gasteiger partial charge in [-0.2, -0.15) is 0 Å². The highest BCUT2D eigenvalue weighted by atomic mass is 16.5. The average Bonchev–Trinajstić information content (AvgIpc) is 3.11. The Hall–Kier alpha value is -1.59. The second-order valence-corrected chi connectivity index (χ2v) is 8.29. The monoisotopic (exact) mass is 421 g/mol. The van der Waals surface area contributed by atoms with Crippen molar-refractivity contribution < 1.29 is 9.53 Å². The summed E-state index contributed by atoms with van der Waals surface area (Å²) in [7, 11) is 1.71. The van der Waals surface area contributed by atoms with Crippen molar-refractivity contribution in [1.29, 1.82) is 0 Å². The number of hydrogen-bond acceptors (Lipinski definition) is 3. The molecule has 1 amide bonds. The van der Waals surface area contributed by atoms with Crippen LogP contribution in [0.2, 0.25) is 0 Å². The smallest absolute Gasteiger partial charge is 0.207 e. The summed E-state index contributed by atoms with van der Waals surface area (Å²) in [6.07, 6.45) is 11.9. The van der Waals surface area contributed by atoms with Gasteiger partial charge in [0.05, 0.1) is 5.60 Å². The minimum atomic E-state index is 0.0417. The Labute approximate surface area is 185 Å². The number of piperidine rings is 1. The largest absolute Gasteiger partial charge is 0.379 e. The van der Waals surface area contributed by atoms with Gasteiger partial charge in [0.2, 0.25) is 6.41 Å². The van der Waals surface area contributed by atoms with Crippen LogP contribution in [-0.4, -0.2) is 54.3 Å². The third kappa shape index (κ3) is 11.6. The van der Waals surface area contributed by atoms with Crippen LogP contribution < -0.4 is 15.9 Å². The summed E-state index contributed by atoms with van der Waals surface area (Å²) >= 11 is 0. The maximum atomic E-state index is 10.5. The standard InChI is InChI=1S/C18H29N3O.C5H12O.C2H6/c1-3-5-16-7-12-21(18(16)6-4-2)14-13-20-10-8-17(9-11-20)19-15-22;1-5(2,3)6-4;1-2/h5-7,12,15,17H,3-4,8-11,13-14H2,1-2H3,(H,19,22);1-4H3;1-2H3/b16-5-,18-6+;;. The lowest BCUT2D eigenvalue weighted by molar-refractivity contribution is -0.110. The summed E-state index contributed by atoms with van der Waals surface area (Å²) in [6, 6.07) is 2.60. The fourth-order valence-corrected chi connectivity index (χ4v) is 3.19. The summed E-state index contributed by atoms with van der Waals surface area (Å²) in [4.78, 5) is 13.0. The van der Waals surface area contributed by atoms with Crippen LogP contribution in [0, 0.1) is 0 Å². The van der Waals surface area contributed by atoms with Gasteiger partial charge in [-0.05, 0) is 57.7 Å². The number of hydrogen-bond donors (Lipinski definition) is 1. The summed E-state index contributed by atoms with van der Waals surface area (Å²) < 4.78 is 7.31. The maximum Gasteiger partial charge on any atom is 0.207 e. The fourth-order valence-electron chi connectivity index (χ4n) is 3.19. The second-order valence-electron chi connectivity index (χ2n) is 8.29. The van der Waals surface area contributed by atoms with Gasteiger partial charge in [-0.15, -0.1) is 0 Å². The maximum absolute atomic E-state index is 10.5. The summed E-state index contributed by atoms with van der Waals surface area (Å²) in [6.45, 7) is 18.7. The van der Waals surface area contributed by atoms with E-state index in [1.807, 2.05) is 34.6 Å². The van der Waals surface area contributed by atoms with Crippen LogP contribution in [0.4, 0.5) is 0 Å². The molecule has 2 heterocycles. The van der Waals surface area contributed by atoms with Gasteiger partial charge in [0, 0.05) is 50.9 Å². The Kier molecular flexibility index (Phi) is 15.3. The van der Waals surface area contributed by atoms with Crippen LogP contribution in [-0.2, 0) is 16.1 Å². The normalized spacial score (nSPS) is 16.4. The number of amides is 1. The minimum absolute atomic E-state index is 0.0417. The van der Waals surface area contributed by atoms with E-state index in [0.29, 0.717) is 6.04 Å². The molecule has 1 aromatic heterocycles. The van der Waals surface area contributed by atoms with Crippen LogP contribution >= 0.6 is 0 Å². The second kappa shape index (κ2) is 16.1. The molecule has 1 saturated heterocycles. The molecule has 0 radical (unpaired) electrons. The lowest BCUT2D eigenvalue weighted by Gasteiger charge is -2.31. The quantitative estimate of drug-likeness (QED) is 0.685. The molecular formula is C25H47N3O2. The lowest BCUT2D eigenvalue weighted by Crippen LogP contribution is -2.43. The first-order valence-electron chi connectivity index (χ1n) is 11.7. The zero-order valence-electron chi connectivity index (χ0n) is 20.8. The zero-order chi connectivity index (χ0) is 23.0. The number of aromatic nitrogens is 1. The Balaban J connectivity index is 0.000000905. The van der Waals surface area contributed by atoms with E-state index in [1.54, 1.807) is 7.11 Å². The van der Waals surface area contributed by atoms with Crippen molar-refractivity contribution in [1.82, 2.24) is 14.8 Å². The first-order valence-corrected chi connectivity index (χ1v) is 11.7. The van der Waals surface area contributed by atoms with Crippen LogP contribution in [0.5, 0.6) is 0 Å². The van der Waals surface area contributed by atoms with E-state index in [4.69, 9.17) is 4.74 Å². The van der Waals surface area contributed by atoms with E-state index in [-0.39, 0.29) is 5.60 Å². The van der Waals surface area contributed by atoms with Gasteiger partial charge in [-0.25, -0.2) is 0 Å². The lowest BCUT2D eigenvalue weighted by atomic mass is 10.1. The van der Waals surface area contributed by atoms with E-state index in [2.05, 4.69) is 53.0 Å². The van der Waals surface area contributed by atoms with Gasteiger partial charge in [0.25, 0.3) is 0 Å². The van der Waals surface area contributed by atoms with Crippen LogP contribution in [0.3, 0.4) is 0 Å². The van der Waals surface area contributed by atoms with Gasteiger partial charge in [0.15, 0.2) is 0 Å². The summed E-state index contributed by atoms with van der Waals surface area (Å²) in [5, 5.41) is 5.62. The summed E-state index contributed by atoms with van der Waals surface area (Å²) in [5.74, 6) is 0.